The average molecular weight is 504 g/mol. The lowest BCUT2D eigenvalue weighted by atomic mass is 9.99. The first kappa shape index (κ1) is 24.0. The van der Waals surface area contributed by atoms with Crippen molar-refractivity contribution in [1.29, 1.82) is 5.26 Å². The molecule has 2 aromatic heterocycles. The first-order chi connectivity index (χ1) is 17.8. The van der Waals surface area contributed by atoms with Crippen LogP contribution in [0.25, 0.3) is 21.3 Å². The summed E-state index contributed by atoms with van der Waals surface area (Å²) < 4.78 is 0.721. The Hall–Kier alpha value is -4.67. The monoisotopic (exact) mass is 503 g/mol. The van der Waals surface area contributed by atoms with E-state index >= 15 is 0 Å². The SMILES string of the molecule is Cc1ccc(NC(=O)c2c(Nc3ccc(C)cc3)sc3c(-c4ccc(C)cc4)c(C#N)c(N)nc23)cc1. The first-order valence-electron chi connectivity index (χ1n) is 11.8. The zero-order valence-corrected chi connectivity index (χ0v) is 21.5. The number of carbonyl (C=O) groups excluding carboxylic acids is 1. The Morgan fingerprint density at radius 1 is 0.865 bits per heavy atom. The van der Waals surface area contributed by atoms with Crippen molar-refractivity contribution < 1.29 is 4.79 Å². The molecule has 182 valence electrons. The number of nitrogen functional groups attached to an aromatic ring is 1. The molecule has 7 heteroatoms. The van der Waals surface area contributed by atoms with Crippen LogP contribution < -0.4 is 16.4 Å². The Bertz CT molecular complexity index is 1660. The van der Waals surface area contributed by atoms with E-state index in [-0.39, 0.29) is 11.7 Å². The van der Waals surface area contributed by atoms with Gasteiger partial charge in [0.05, 0.1) is 10.2 Å². The maximum Gasteiger partial charge on any atom is 0.260 e. The second-order valence-electron chi connectivity index (χ2n) is 9.02. The van der Waals surface area contributed by atoms with Crippen molar-refractivity contribution in [2.75, 3.05) is 16.4 Å². The van der Waals surface area contributed by atoms with E-state index in [2.05, 4.69) is 21.7 Å². The van der Waals surface area contributed by atoms with Crippen LogP contribution in [-0.2, 0) is 0 Å². The van der Waals surface area contributed by atoms with Crippen molar-refractivity contribution in [2.24, 2.45) is 0 Å². The third kappa shape index (κ3) is 4.75. The van der Waals surface area contributed by atoms with Crippen LogP contribution in [0.2, 0.25) is 0 Å². The second kappa shape index (κ2) is 9.76. The van der Waals surface area contributed by atoms with Crippen LogP contribution in [0.4, 0.5) is 22.2 Å². The van der Waals surface area contributed by atoms with Gasteiger partial charge in [0.1, 0.15) is 28.0 Å². The average Bonchev–Trinajstić information content (AvgIpc) is 3.23. The lowest BCUT2D eigenvalue weighted by molar-refractivity contribution is 0.102. The molecule has 2 heterocycles. The number of thiophene rings is 1. The highest BCUT2D eigenvalue weighted by Gasteiger charge is 2.26. The number of nitrogens with one attached hydrogen (secondary N) is 2. The van der Waals surface area contributed by atoms with Crippen LogP contribution in [0.1, 0.15) is 32.6 Å². The largest absolute Gasteiger partial charge is 0.383 e. The number of hydrogen-bond donors (Lipinski definition) is 3. The highest BCUT2D eigenvalue weighted by atomic mass is 32.1. The van der Waals surface area contributed by atoms with Gasteiger partial charge in [-0.2, -0.15) is 5.26 Å². The molecule has 5 aromatic rings. The van der Waals surface area contributed by atoms with Crippen molar-refractivity contribution in [3.8, 4) is 17.2 Å². The molecule has 0 aliphatic rings. The van der Waals surface area contributed by atoms with E-state index in [9.17, 15) is 10.1 Å². The summed E-state index contributed by atoms with van der Waals surface area (Å²) >= 11 is 1.39. The van der Waals surface area contributed by atoms with E-state index in [1.165, 1.54) is 11.3 Å². The summed E-state index contributed by atoms with van der Waals surface area (Å²) in [5.74, 6) is -0.217. The van der Waals surface area contributed by atoms with Crippen molar-refractivity contribution in [3.05, 3.63) is 101 Å². The number of anilines is 4. The summed E-state index contributed by atoms with van der Waals surface area (Å²) in [4.78, 5) is 18.3. The standard InChI is InChI=1S/C30H25N5OS/c1-17-4-10-20(11-5-17)24-23(16-31)28(32)35-26-25(29(36)33-21-12-6-18(2)7-13-21)30(37-27(24)26)34-22-14-8-19(3)9-15-22/h4-15,34H,1-3H3,(H2,32,35)(H,33,36). The Balaban J connectivity index is 1.73. The highest BCUT2D eigenvalue weighted by molar-refractivity contribution is 7.24. The van der Waals surface area contributed by atoms with Gasteiger partial charge in [-0.05, 0) is 50.6 Å². The van der Waals surface area contributed by atoms with Crippen LogP contribution in [0.3, 0.4) is 0 Å². The minimum Gasteiger partial charge on any atom is -0.383 e. The quantitative estimate of drug-likeness (QED) is 0.233. The van der Waals surface area contributed by atoms with Gasteiger partial charge in [0.2, 0.25) is 0 Å². The number of aromatic nitrogens is 1. The molecule has 0 aliphatic heterocycles. The third-order valence-electron chi connectivity index (χ3n) is 6.15. The predicted molar refractivity (Wildman–Crippen MR) is 153 cm³/mol. The van der Waals surface area contributed by atoms with E-state index in [4.69, 9.17) is 5.73 Å². The van der Waals surface area contributed by atoms with Gasteiger partial charge >= 0.3 is 0 Å². The number of amides is 1. The normalized spacial score (nSPS) is 10.8. The van der Waals surface area contributed by atoms with E-state index < -0.39 is 0 Å². The smallest absolute Gasteiger partial charge is 0.260 e. The van der Waals surface area contributed by atoms with Gasteiger partial charge < -0.3 is 16.4 Å². The number of benzene rings is 3. The van der Waals surface area contributed by atoms with Crippen molar-refractivity contribution in [1.82, 2.24) is 4.98 Å². The Morgan fingerprint density at radius 2 is 1.41 bits per heavy atom. The number of carbonyl (C=O) groups is 1. The minimum atomic E-state index is -0.309. The molecule has 6 nitrogen and oxygen atoms in total. The molecule has 0 saturated heterocycles. The number of nitrogens with zero attached hydrogens (tertiary/aromatic N) is 2. The van der Waals surface area contributed by atoms with Crippen molar-refractivity contribution in [2.45, 2.75) is 20.8 Å². The molecule has 0 radical (unpaired) electrons. The fraction of sp³-hybridized carbons (Fsp3) is 0.100. The molecule has 37 heavy (non-hydrogen) atoms. The molecule has 5 rings (SSSR count). The summed E-state index contributed by atoms with van der Waals surface area (Å²) in [5.41, 5.74) is 13.8. The second-order valence-corrected chi connectivity index (χ2v) is 10.0. The van der Waals surface area contributed by atoms with Crippen LogP contribution in [0.5, 0.6) is 0 Å². The van der Waals surface area contributed by atoms with E-state index in [1.54, 1.807) is 0 Å². The summed E-state index contributed by atoms with van der Waals surface area (Å²) in [6, 6.07) is 25.7. The molecule has 0 atom stereocenters. The number of fused-ring (bicyclic) bond motifs is 1. The number of nitriles is 1. The molecule has 0 spiro atoms. The molecule has 0 aliphatic carbocycles. The molecule has 3 aromatic carbocycles. The Labute approximate surface area is 219 Å². The van der Waals surface area contributed by atoms with Crippen molar-refractivity contribution >= 4 is 49.7 Å². The maximum atomic E-state index is 13.7. The molecular formula is C30H25N5OS. The summed E-state index contributed by atoms with van der Waals surface area (Å²) in [6.07, 6.45) is 0. The number of aryl methyl sites for hydroxylation is 3. The fourth-order valence-electron chi connectivity index (χ4n) is 4.12. The highest BCUT2D eigenvalue weighted by Crippen LogP contribution is 2.44. The molecule has 0 saturated carbocycles. The van der Waals surface area contributed by atoms with Crippen LogP contribution in [0, 0.1) is 32.1 Å². The summed E-state index contributed by atoms with van der Waals surface area (Å²) in [5, 5.41) is 17.0. The third-order valence-corrected chi connectivity index (χ3v) is 7.26. The maximum absolute atomic E-state index is 13.7. The Kier molecular flexibility index (Phi) is 6.34. The molecule has 4 N–H and O–H groups in total. The van der Waals surface area contributed by atoms with E-state index in [0.29, 0.717) is 32.9 Å². The first-order valence-corrected chi connectivity index (χ1v) is 12.6. The van der Waals surface area contributed by atoms with Gasteiger partial charge in [-0.3, -0.25) is 4.79 Å². The molecule has 0 unspecified atom stereocenters. The van der Waals surface area contributed by atoms with Gasteiger partial charge in [0, 0.05) is 16.9 Å². The number of pyridine rings is 1. The number of rotatable bonds is 5. The topological polar surface area (TPSA) is 104 Å². The summed E-state index contributed by atoms with van der Waals surface area (Å²) in [7, 11) is 0. The lowest BCUT2D eigenvalue weighted by Gasteiger charge is -2.10. The molecule has 0 bridgehead atoms. The molecule has 0 fully saturated rings. The van der Waals surface area contributed by atoms with Gasteiger partial charge in [-0.1, -0.05) is 65.2 Å². The Morgan fingerprint density at radius 3 is 1.97 bits per heavy atom. The number of nitrogens with two attached hydrogens (primary N) is 1. The van der Waals surface area contributed by atoms with Crippen LogP contribution in [0.15, 0.2) is 72.8 Å². The summed E-state index contributed by atoms with van der Waals surface area (Å²) in [6.45, 7) is 6.02. The lowest BCUT2D eigenvalue weighted by Crippen LogP contribution is -2.13. The molecule has 1 amide bonds. The van der Waals surface area contributed by atoms with Crippen molar-refractivity contribution in [3.63, 3.8) is 0 Å². The van der Waals surface area contributed by atoms with Crippen LogP contribution >= 0.6 is 11.3 Å². The van der Waals surface area contributed by atoms with Gasteiger partial charge in [0.25, 0.3) is 5.91 Å². The van der Waals surface area contributed by atoms with Gasteiger partial charge in [-0.15, -0.1) is 11.3 Å². The van der Waals surface area contributed by atoms with E-state index in [0.717, 1.165) is 32.6 Å². The number of hydrogen-bond acceptors (Lipinski definition) is 6. The van der Waals surface area contributed by atoms with Gasteiger partial charge in [-0.25, -0.2) is 4.98 Å². The minimum absolute atomic E-state index is 0.0923. The zero-order chi connectivity index (χ0) is 26.1. The predicted octanol–water partition coefficient (Wildman–Crippen LogP) is 7.34. The van der Waals surface area contributed by atoms with Gasteiger partial charge in [0.15, 0.2) is 0 Å². The van der Waals surface area contributed by atoms with E-state index in [1.807, 2.05) is 93.6 Å². The zero-order valence-electron chi connectivity index (χ0n) is 20.7. The van der Waals surface area contributed by atoms with Crippen LogP contribution in [-0.4, -0.2) is 10.9 Å². The molecular weight excluding hydrogens is 478 g/mol. The fourth-order valence-corrected chi connectivity index (χ4v) is 5.35.